The maximum Gasteiger partial charge on any atom is 0.266 e. The van der Waals surface area contributed by atoms with E-state index in [1.165, 1.54) is 11.8 Å². The molecule has 7 heteroatoms. The second kappa shape index (κ2) is 10.7. The van der Waals surface area contributed by atoms with E-state index in [1.807, 2.05) is 66.7 Å². The van der Waals surface area contributed by atoms with Gasteiger partial charge in [-0.1, -0.05) is 72.5 Å². The largest absolute Gasteiger partial charge is 0.326 e. The molecule has 0 saturated carbocycles. The Bertz CT molecular complexity index is 974. The van der Waals surface area contributed by atoms with Gasteiger partial charge < -0.3 is 5.32 Å². The number of rotatable bonds is 7. The molecular formula is C22H19IN2O2S2. The normalized spacial score (nSPS) is 15.5. The van der Waals surface area contributed by atoms with E-state index >= 15 is 0 Å². The molecule has 1 aliphatic rings. The van der Waals surface area contributed by atoms with E-state index in [0.717, 1.165) is 14.8 Å². The molecule has 2 aromatic rings. The summed E-state index contributed by atoms with van der Waals surface area (Å²) >= 11 is 8.84. The van der Waals surface area contributed by atoms with Crippen LogP contribution < -0.4 is 5.32 Å². The van der Waals surface area contributed by atoms with Crippen molar-refractivity contribution >= 4 is 74.5 Å². The Balaban J connectivity index is 1.49. The number of hydrogen-bond donors (Lipinski definition) is 1. The minimum absolute atomic E-state index is 0.0706. The fraction of sp³-hybridized carbons (Fsp3) is 0.136. The summed E-state index contributed by atoms with van der Waals surface area (Å²) in [6.07, 6.45) is 6.47. The molecule has 2 aromatic carbocycles. The van der Waals surface area contributed by atoms with Crippen molar-refractivity contribution in [2.45, 2.75) is 12.8 Å². The van der Waals surface area contributed by atoms with Gasteiger partial charge >= 0.3 is 0 Å². The molecule has 29 heavy (non-hydrogen) atoms. The number of carbonyl (C=O) groups excluding carboxylic acids is 2. The molecule has 0 atom stereocenters. The summed E-state index contributed by atoms with van der Waals surface area (Å²) < 4.78 is 1.60. The Labute approximate surface area is 193 Å². The third-order valence-corrected chi connectivity index (χ3v) is 6.17. The quantitative estimate of drug-likeness (QED) is 0.291. The lowest BCUT2D eigenvalue weighted by molar-refractivity contribution is -0.122. The lowest BCUT2D eigenvalue weighted by atomic mass is 10.2. The molecule has 1 fully saturated rings. The second-order valence-electron chi connectivity index (χ2n) is 6.29. The summed E-state index contributed by atoms with van der Waals surface area (Å²) in [7, 11) is 0. The lowest BCUT2D eigenvalue weighted by Crippen LogP contribution is -2.29. The number of anilines is 1. The van der Waals surface area contributed by atoms with Crippen molar-refractivity contribution in [1.82, 2.24) is 4.90 Å². The first kappa shape index (κ1) is 21.7. The average Bonchev–Trinajstić information content (AvgIpc) is 2.96. The van der Waals surface area contributed by atoms with Crippen LogP contribution >= 0.6 is 46.6 Å². The molecule has 0 aliphatic carbocycles. The van der Waals surface area contributed by atoms with E-state index in [1.54, 1.807) is 11.0 Å². The second-order valence-corrected chi connectivity index (χ2v) is 9.21. The summed E-state index contributed by atoms with van der Waals surface area (Å²) in [5.41, 5.74) is 1.85. The number of benzene rings is 2. The number of halogens is 1. The van der Waals surface area contributed by atoms with Crippen LogP contribution in [0, 0.1) is 3.57 Å². The molecular weight excluding hydrogens is 515 g/mol. The van der Waals surface area contributed by atoms with E-state index in [4.69, 9.17) is 12.2 Å². The summed E-state index contributed by atoms with van der Waals surface area (Å²) in [4.78, 5) is 26.9. The molecule has 0 radical (unpaired) electrons. The number of allylic oxidation sites excluding steroid dienone is 2. The molecule has 0 bridgehead atoms. The van der Waals surface area contributed by atoms with Crippen LogP contribution in [0.2, 0.25) is 0 Å². The van der Waals surface area contributed by atoms with Crippen LogP contribution in [0.25, 0.3) is 6.08 Å². The zero-order chi connectivity index (χ0) is 20.6. The van der Waals surface area contributed by atoms with E-state index in [2.05, 4.69) is 27.9 Å². The van der Waals surface area contributed by atoms with Gasteiger partial charge in [-0.05, 0) is 58.9 Å². The lowest BCUT2D eigenvalue weighted by Gasteiger charge is -2.14. The maximum atomic E-state index is 12.6. The molecule has 1 heterocycles. The van der Waals surface area contributed by atoms with Crippen LogP contribution in [0.15, 0.2) is 71.7 Å². The molecule has 3 rings (SSSR count). The minimum Gasteiger partial charge on any atom is -0.326 e. The van der Waals surface area contributed by atoms with Gasteiger partial charge in [-0.25, -0.2) is 0 Å². The zero-order valence-electron chi connectivity index (χ0n) is 15.5. The van der Waals surface area contributed by atoms with Crippen LogP contribution in [-0.4, -0.2) is 27.6 Å². The first-order chi connectivity index (χ1) is 14.0. The fourth-order valence-corrected chi connectivity index (χ4v) is 4.51. The Morgan fingerprint density at radius 2 is 1.97 bits per heavy atom. The van der Waals surface area contributed by atoms with Crippen molar-refractivity contribution < 1.29 is 9.59 Å². The van der Waals surface area contributed by atoms with Gasteiger partial charge in [0, 0.05) is 22.2 Å². The molecule has 0 unspecified atom stereocenters. The number of nitrogens with zero attached hydrogens (tertiary/aromatic N) is 1. The van der Waals surface area contributed by atoms with Gasteiger partial charge in [0.2, 0.25) is 5.91 Å². The van der Waals surface area contributed by atoms with Crippen molar-refractivity contribution in [3.05, 3.63) is 80.8 Å². The Morgan fingerprint density at radius 1 is 1.17 bits per heavy atom. The molecule has 2 amide bonds. The topological polar surface area (TPSA) is 49.4 Å². The number of amides is 2. The summed E-state index contributed by atoms with van der Waals surface area (Å²) in [5, 5.41) is 2.88. The summed E-state index contributed by atoms with van der Waals surface area (Å²) in [6.45, 7) is 0.435. The molecule has 148 valence electrons. The Morgan fingerprint density at radius 3 is 2.72 bits per heavy atom. The fourth-order valence-electron chi connectivity index (χ4n) is 2.71. The van der Waals surface area contributed by atoms with Crippen LogP contribution in [0.1, 0.15) is 18.4 Å². The highest BCUT2D eigenvalue weighted by Crippen LogP contribution is 2.31. The van der Waals surface area contributed by atoms with Crippen molar-refractivity contribution in [3.63, 3.8) is 0 Å². The van der Waals surface area contributed by atoms with Gasteiger partial charge in [0.25, 0.3) is 5.91 Å². The maximum absolute atomic E-state index is 12.6. The van der Waals surface area contributed by atoms with Gasteiger partial charge in [0.05, 0.1) is 4.91 Å². The molecule has 1 N–H and O–H groups in total. The highest BCUT2D eigenvalue weighted by atomic mass is 127. The van der Waals surface area contributed by atoms with E-state index in [0.29, 0.717) is 28.6 Å². The zero-order valence-corrected chi connectivity index (χ0v) is 19.3. The predicted octanol–water partition coefficient (Wildman–Crippen LogP) is 5.47. The number of hydrogen-bond acceptors (Lipinski definition) is 4. The molecule has 0 spiro atoms. The number of thiocarbonyl (C=S) groups is 1. The number of nitrogens with one attached hydrogen (secondary N) is 1. The molecule has 1 aliphatic heterocycles. The van der Waals surface area contributed by atoms with Crippen molar-refractivity contribution in [3.8, 4) is 0 Å². The van der Waals surface area contributed by atoms with Crippen LogP contribution in [0.3, 0.4) is 0 Å². The van der Waals surface area contributed by atoms with E-state index in [-0.39, 0.29) is 11.8 Å². The predicted molar refractivity (Wildman–Crippen MR) is 132 cm³/mol. The van der Waals surface area contributed by atoms with Crippen LogP contribution in [0.4, 0.5) is 5.69 Å². The molecule has 1 saturated heterocycles. The van der Waals surface area contributed by atoms with Crippen LogP contribution in [-0.2, 0) is 9.59 Å². The SMILES string of the molecule is O=C(CCCN1C(=O)/C(=C/C=C/c2ccccc2)SC1=S)Nc1cccc(I)c1. The first-order valence-corrected chi connectivity index (χ1v) is 11.4. The number of thioether (sulfide) groups is 1. The van der Waals surface area contributed by atoms with Gasteiger partial charge in [0.15, 0.2) is 0 Å². The van der Waals surface area contributed by atoms with Crippen molar-refractivity contribution in [2.75, 3.05) is 11.9 Å². The highest BCUT2D eigenvalue weighted by Gasteiger charge is 2.31. The highest BCUT2D eigenvalue weighted by molar-refractivity contribution is 14.1. The average molecular weight is 534 g/mol. The van der Waals surface area contributed by atoms with Gasteiger partial charge in [-0.2, -0.15) is 0 Å². The minimum atomic E-state index is -0.101. The van der Waals surface area contributed by atoms with Gasteiger partial charge in [0.1, 0.15) is 4.32 Å². The van der Waals surface area contributed by atoms with Crippen molar-refractivity contribution in [2.24, 2.45) is 0 Å². The third-order valence-electron chi connectivity index (χ3n) is 4.10. The van der Waals surface area contributed by atoms with E-state index < -0.39 is 0 Å². The van der Waals surface area contributed by atoms with Gasteiger partial charge in [-0.15, -0.1) is 0 Å². The third kappa shape index (κ3) is 6.52. The Hall–Kier alpha value is -1.97. The molecule has 0 aromatic heterocycles. The summed E-state index contributed by atoms with van der Waals surface area (Å²) in [6, 6.07) is 17.5. The molecule has 4 nitrogen and oxygen atoms in total. The number of carbonyl (C=O) groups is 2. The van der Waals surface area contributed by atoms with Gasteiger partial charge in [-0.3, -0.25) is 14.5 Å². The van der Waals surface area contributed by atoms with E-state index in [9.17, 15) is 9.59 Å². The van der Waals surface area contributed by atoms with Crippen LogP contribution in [0.5, 0.6) is 0 Å². The van der Waals surface area contributed by atoms with Crippen molar-refractivity contribution in [1.29, 1.82) is 0 Å². The standard InChI is InChI=1S/C22H19IN2O2S2/c23-17-10-5-11-18(15-17)24-20(26)13-6-14-25-21(27)19(29-22(25)28)12-4-9-16-7-2-1-3-8-16/h1-5,7-12,15H,6,13-14H2,(H,24,26)/b9-4+,19-12-. The first-order valence-electron chi connectivity index (χ1n) is 9.05. The summed E-state index contributed by atoms with van der Waals surface area (Å²) in [5.74, 6) is -0.172. The Kier molecular flexibility index (Phi) is 8.02. The smallest absolute Gasteiger partial charge is 0.266 e. The monoisotopic (exact) mass is 534 g/mol.